The molecule has 0 amide bonds. The number of morpholine rings is 1. The molecule has 0 N–H and O–H groups in total. The van der Waals surface area contributed by atoms with Crippen LogP contribution in [0.2, 0.25) is 0 Å². The molecular formula is C15H21NO5S. The van der Waals surface area contributed by atoms with E-state index in [4.69, 9.17) is 14.2 Å². The first-order valence-electron chi connectivity index (χ1n) is 7.58. The summed E-state index contributed by atoms with van der Waals surface area (Å²) < 4.78 is 42.7. The van der Waals surface area contributed by atoms with E-state index in [1.807, 2.05) is 0 Å². The number of hydrogen-bond donors (Lipinski definition) is 0. The van der Waals surface area contributed by atoms with Crippen molar-refractivity contribution in [2.24, 2.45) is 0 Å². The van der Waals surface area contributed by atoms with Crippen LogP contribution >= 0.6 is 0 Å². The molecule has 1 atom stereocenters. The minimum Gasteiger partial charge on any atom is -0.491 e. The van der Waals surface area contributed by atoms with Crippen LogP contribution < -0.4 is 4.74 Å². The van der Waals surface area contributed by atoms with E-state index in [9.17, 15) is 8.42 Å². The van der Waals surface area contributed by atoms with Gasteiger partial charge in [-0.05, 0) is 37.1 Å². The minimum absolute atomic E-state index is 0.150. The molecular weight excluding hydrogens is 306 g/mol. The highest BCUT2D eigenvalue weighted by Gasteiger charge is 2.26. The Balaban J connectivity index is 1.62. The Labute approximate surface area is 131 Å². The SMILES string of the molecule is O=S(=O)(c1ccc(OC[C@@H]2CCCO2)cc1)N1CCOCC1. The maximum Gasteiger partial charge on any atom is 0.243 e. The van der Waals surface area contributed by atoms with Crippen LogP contribution in [-0.4, -0.2) is 58.3 Å². The minimum atomic E-state index is -3.44. The zero-order valence-electron chi connectivity index (χ0n) is 12.4. The molecule has 22 heavy (non-hydrogen) atoms. The van der Waals surface area contributed by atoms with E-state index in [1.54, 1.807) is 24.3 Å². The zero-order valence-corrected chi connectivity index (χ0v) is 13.3. The van der Waals surface area contributed by atoms with Gasteiger partial charge in [-0.1, -0.05) is 0 Å². The van der Waals surface area contributed by atoms with E-state index in [0.717, 1.165) is 19.4 Å². The summed E-state index contributed by atoms with van der Waals surface area (Å²) in [6.07, 6.45) is 2.24. The van der Waals surface area contributed by atoms with Gasteiger partial charge >= 0.3 is 0 Å². The summed E-state index contributed by atoms with van der Waals surface area (Å²) >= 11 is 0. The van der Waals surface area contributed by atoms with Crippen LogP contribution in [0.15, 0.2) is 29.2 Å². The predicted molar refractivity (Wildman–Crippen MR) is 80.5 cm³/mol. The molecule has 0 saturated carbocycles. The van der Waals surface area contributed by atoms with Crippen molar-refractivity contribution in [1.82, 2.24) is 4.31 Å². The van der Waals surface area contributed by atoms with E-state index < -0.39 is 10.0 Å². The van der Waals surface area contributed by atoms with Gasteiger partial charge in [-0.25, -0.2) is 8.42 Å². The number of nitrogens with zero attached hydrogens (tertiary/aromatic N) is 1. The molecule has 0 bridgehead atoms. The van der Waals surface area contributed by atoms with Gasteiger partial charge in [0.1, 0.15) is 12.4 Å². The summed E-state index contributed by atoms with van der Waals surface area (Å²) in [6, 6.07) is 6.58. The van der Waals surface area contributed by atoms with Crippen molar-refractivity contribution < 1.29 is 22.6 Å². The quantitative estimate of drug-likeness (QED) is 0.815. The lowest BCUT2D eigenvalue weighted by Gasteiger charge is -2.26. The van der Waals surface area contributed by atoms with Gasteiger partial charge in [0.2, 0.25) is 10.0 Å². The monoisotopic (exact) mass is 327 g/mol. The zero-order chi connectivity index (χ0) is 15.4. The van der Waals surface area contributed by atoms with Gasteiger partial charge in [-0.3, -0.25) is 0 Å². The number of benzene rings is 1. The molecule has 2 aliphatic rings. The fourth-order valence-electron chi connectivity index (χ4n) is 2.61. The Bertz CT molecular complexity index is 574. The lowest BCUT2D eigenvalue weighted by Crippen LogP contribution is -2.40. The second kappa shape index (κ2) is 6.95. The third-order valence-corrected chi connectivity index (χ3v) is 5.80. The summed E-state index contributed by atoms with van der Waals surface area (Å²) in [6.45, 7) is 3.00. The fraction of sp³-hybridized carbons (Fsp3) is 0.600. The van der Waals surface area contributed by atoms with Crippen LogP contribution in [0.3, 0.4) is 0 Å². The number of sulfonamides is 1. The largest absolute Gasteiger partial charge is 0.491 e. The molecule has 122 valence electrons. The highest BCUT2D eigenvalue weighted by molar-refractivity contribution is 7.89. The standard InChI is InChI=1S/C15H21NO5S/c17-22(18,16-7-10-19-11-8-16)15-5-3-13(4-6-15)21-12-14-2-1-9-20-14/h3-6,14H,1-2,7-12H2/t14-/m0/s1. The Morgan fingerprint density at radius 2 is 1.86 bits per heavy atom. The van der Waals surface area contributed by atoms with Gasteiger partial charge < -0.3 is 14.2 Å². The van der Waals surface area contributed by atoms with Crippen molar-refractivity contribution in [2.75, 3.05) is 39.5 Å². The van der Waals surface area contributed by atoms with Gasteiger partial charge in [-0.15, -0.1) is 0 Å². The van der Waals surface area contributed by atoms with Crippen molar-refractivity contribution in [1.29, 1.82) is 0 Å². The van der Waals surface area contributed by atoms with Crippen molar-refractivity contribution in [3.8, 4) is 5.75 Å². The highest BCUT2D eigenvalue weighted by atomic mass is 32.2. The van der Waals surface area contributed by atoms with Crippen LogP contribution in [0.4, 0.5) is 0 Å². The van der Waals surface area contributed by atoms with Crippen molar-refractivity contribution in [2.45, 2.75) is 23.8 Å². The molecule has 2 aliphatic heterocycles. The van der Waals surface area contributed by atoms with Crippen molar-refractivity contribution >= 4 is 10.0 Å². The molecule has 0 aromatic heterocycles. The Morgan fingerprint density at radius 1 is 1.14 bits per heavy atom. The summed E-state index contributed by atoms with van der Waals surface area (Å²) in [4.78, 5) is 0.291. The van der Waals surface area contributed by atoms with Gasteiger partial charge in [0.15, 0.2) is 0 Å². The van der Waals surface area contributed by atoms with Gasteiger partial charge in [0.05, 0.1) is 24.2 Å². The average Bonchev–Trinajstić information content (AvgIpc) is 3.08. The maximum atomic E-state index is 12.5. The Morgan fingerprint density at radius 3 is 2.50 bits per heavy atom. The Kier molecular flexibility index (Phi) is 4.97. The van der Waals surface area contributed by atoms with Gasteiger partial charge in [-0.2, -0.15) is 4.31 Å². The number of rotatable bonds is 5. The lowest BCUT2D eigenvalue weighted by atomic mass is 10.2. The third-order valence-electron chi connectivity index (χ3n) is 3.89. The first-order valence-corrected chi connectivity index (χ1v) is 9.02. The first kappa shape index (κ1) is 15.7. The summed E-state index contributed by atoms with van der Waals surface area (Å²) in [7, 11) is -3.44. The molecule has 0 unspecified atom stereocenters. The molecule has 0 spiro atoms. The maximum absolute atomic E-state index is 12.5. The third kappa shape index (κ3) is 3.60. The van der Waals surface area contributed by atoms with E-state index in [2.05, 4.69) is 0 Å². The summed E-state index contributed by atoms with van der Waals surface area (Å²) in [5, 5.41) is 0. The molecule has 3 rings (SSSR count). The molecule has 0 aliphatic carbocycles. The number of ether oxygens (including phenoxy) is 3. The van der Waals surface area contributed by atoms with Gasteiger partial charge in [0.25, 0.3) is 0 Å². The predicted octanol–water partition coefficient (Wildman–Crippen LogP) is 1.27. The Hall–Kier alpha value is -1.15. The van der Waals surface area contributed by atoms with Crippen LogP contribution in [-0.2, 0) is 19.5 Å². The lowest BCUT2D eigenvalue weighted by molar-refractivity contribution is 0.0679. The molecule has 1 aromatic rings. The second-order valence-electron chi connectivity index (χ2n) is 5.43. The smallest absolute Gasteiger partial charge is 0.243 e. The van der Waals surface area contributed by atoms with Crippen LogP contribution in [0.25, 0.3) is 0 Å². The second-order valence-corrected chi connectivity index (χ2v) is 7.37. The van der Waals surface area contributed by atoms with E-state index in [0.29, 0.717) is 43.6 Å². The van der Waals surface area contributed by atoms with Gasteiger partial charge in [0, 0.05) is 19.7 Å². The van der Waals surface area contributed by atoms with Crippen LogP contribution in [0.5, 0.6) is 5.75 Å². The normalized spacial score (nSPS) is 23.5. The van der Waals surface area contributed by atoms with E-state index >= 15 is 0 Å². The topological polar surface area (TPSA) is 65.1 Å². The molecule has 0 radical (unpaired) electrons. The van der Waals surface area contributed by atoms with Crippen molar-refractivity contribution in [3.63, 3.8) is 0 Å². The fourth-order valence-corrected chi connectivity index (χ4v) is 4.02. The van der Waals surface area contributed by atoms with Crippen LogP contribution in [0.1, 0.15) is 12.8 Å². The summed E-state index contributed by atoms with van der Waals surface area (Å²) in [5.74, 6) is 0.663. The average molecular weight is 327 g/mol. The first-order chi connectivity index (χ1) is 10.7. The molecule has 6 nitrogen and oxygen atoms in total. The van der Waals surface area contributed by atoms with E-state index in [1.165, 1.54) is 4.31 Å². The van der Waals surface area contributed by atoms with E-state index in [-0.39, 0.29) is 6.10 Å². The highest BCUT2D eigenvalue weighted by Crippen LogP contribution is 2.21. The molecule has 2 heterocycles. The summed E-state index contributed by atoms with van der Waals surface area (Å²) in [5.41, 5.74) is 0. The van der Waals surface area contributed by atoms with Crippen LogP contribution in [0, 0.1) is 0 Å². The molecule has 1 aromatic carbocycles. The van der Waals surface area contributed by atoms with Crippen molar-refractivity contribution in [3.05, 3.63) is 24.3 Å². The molecule has 2 fully saturated rings. The molecule has 7 heteroatoms. The molecule has 2 saturated heterocycles. The number of hydrogen-bond acceptors (Lipinski definition) is 5.